The highest BCUT2D eigenvalue weighted by Crippen LogP contribution is 2.21. The largest absolute Gasteiger partial charge is 0.412 e. The topological polar surface area (TPSA) is 68.0 Å². The van der Waals surface area contributed by atoms with Gasteiger partial charge in [-0.15, -0.1) is 10.2 Å². The normalized spacial score (nSPS) is 15.4. The van der Waals surface area contributed by atoms with E-state index in [1.807, 2.05) is 0 Å². The van der Waals surface area contributed by atoms with Gasteiger partial charge in [-0.3, -0.25) is 4.79 Å². The Morgan fingerprint density at radius 2 is 1.90 bits per heavy atom. The van der Waals surface area contributed by atoms with Gasteiger partial charge in [0, 0.05) is 16.6 Å². The Labute approximate surface area is 121 Å². The molecule has 104 valence electrons. The molecular weight excluding hydrogens is 278 g/mol. The number of aromatic nitrogens is 2. The van der Waals surface area contributed by atoms with Crippen LogP contribution in [-0.2, 0) is 0 Å². The van der Waals surface area contributed by atoms with Crippen molar-refractivity contribution >= 4 is 17.5 Å². The fraction of sp³-hybridized carbons (Fsp3) is 0.357. The Kier molecular flexibility index (Phi) is 3.69. The maximum atomic E-state index is 12.0. The second kappa shape index (κ2) is 5.63. The number of nitrogens with one attached hydrogen (secondary N) is 1. The lowest BCUT2D eigenvalue weighted by molar-refractivity contribution is 0.0903. The standard InChI is InChI=1S/C14H14ClN3O2/c15-10-7-5-9(6-8-10)13-17-18-14(20-13)12(19)16-11-3-1-2-4-11/h5-8,11H,1-4H2,(H,16,19). The maximum absolute atomic E-state index is 12.0. The van der Waals surface area contributed by atoms with Crippen molar-refractivity contribution in [2.75, 3.05) is 0 Å². The minimum absolute atomic E-state index is 0.00171. The van der Waals surface area contributed by atoms with Crippen LogP contribution in [0.15, 0.2) is 28.7 Å². The summed E-state index contributed by atoms with van der Waals surface area (Å²) < 4.78 is 5.40. The van der Waals surface area contributed by atoms with Crippen LogP contribution in [0.4, 0.5) is 0 Å². The molecule has 0 bridgehead atoms. The summed E-state index contributed by atoms with van der Waals surface area (Å²) in [4.78, 5) is 12.0. The van der Waals surface area contributed by atoms with E-state index in [0.717, 1.165) is 31.2 Å². The van der Waals surface area contributed by atoms with Crippen molar-refractivity contribution in [3.05, 3.63) is 35.2 Å². The summed E-state index contributed by atoms with van der Waals surface area (Å²) >= 11 is 5.82. The molecule has 1 aromatic carbocycles. The van der Waals surface area contributed by atoms with Gasteiger partial charge >= 0.3 is 11.8 Å². The summed E-state index contributed by atoms with van der Waals surface area (Å²) in [6, 6.07) is 7.25. The number of carbonyl (C=O) groups is 1. The van der Waals surface area contributed by atoms with Gasteiger partial charge in [-0.2, -0.15) is 0 Å². The third-order valence-electron chi connectivity index (χ3n) is 3.40. The molecule has 0 atom stereocenters. The highest BCUT2D eigenvalue weighted by Gasteiger charge is 2.21. The van der Waals surface area contributed by atoms with Crippen molar-refractivity contribution in [2.24, 2.45) is 0 Å². The third kappa shape index (κ3) is 2.82. The maximum Gasteiger partial charge on any atom is 0.309 e. The summed E-state index contributed by atoms with van der Waals surface area (Å²) in [5.41, 5.74) is 0.738. The zero-order valence-corrected chi connectivity index (χ0v) is 11.6. The molecule has 0 aliphatic heterocycles. The van der Waals surface area contributed by atoms with Gasteiger partial charge in [0.2, 0.25) is 5.89 Å². The average Bonchev–Trinajstić information content (AvgIpc) is 3.10. The quantitative estimate of drug-likeness (QED) is 0.943. The molecule has 0 unspecified atom stereocenters. The number of hydrogen-bond donors (Lipinski definition) is 1. The lowest BCUT2D eigenvalue weighted by Gasteiger charge is -2.08. The van der Waals surface area contributed by atoms with E-state index in [1.165, 1.54) is 0 Å². The molecule has 0 saturated heterocycles. The minimum Gasteiger partial charge on any atom is -0.412 e. The smallest absolute Gasteiger partial charge is 0.309 e. The van der Waals surface area contributed by atoms with Crippen molar-refractivity contribution < 1.29 is 9.21 Å². The van der Waals surface area contributed by atoms with Crippen LogP contribution in [0, 0.1) is 0 Å². The molecule has 0 spiro atoms. The van der Waals surface area contributed by atoms with Crippen LogP contribution < -0.4 is 5.32 Å². The molecule has 5 nitrogen and oxygen atoms in total. The second-order valence-corrected chi connectivity index (χ2v) is 5.31. The predicted octanol–water partition coefficient (Wildman–Crippen LogP) is 3.06. The lowest BCUT2D eigenvalue weighted by atomic mass is 10.2. The van der Waals surface area contributed by atoms with Gasteiger partial charge in [-0.25, -0.2) is 0 Å². The van der Waals surface area contributed by atoms with Crippen molar-refractivity contribution in [1.29, 1.82) is 0 Å². The zero-order valence-electron chi connectivity index (χ0n) is 10.8. The van der Waals surface area contributed by atoms with E-state index < -0.39 is 0 Å². The van der Waals surface area contributed by atoms with Crippen LogP contribution >= 0.6 is 11.6 Å². The first-order valence-corrected chi connectivity index (χ1v) is 7.00. The van der Waals surface area contributed by atoms with Gasteiger partial charge in [0.05, 0.1) is 0 Å². The molecule has 20 heavy (non-hydrogen) atoms. The average molecular weight is 292 g/mol. The summed E-state index contributed by atoms with van der Waals surface area (Å²) in [6.07, 6.45) is 4.35. The van der Waals surface area contributed by atoms with E-state index in [0.29, 0.717) is 10.9 Å². The molecule has 6 heteroatoms. The number of hydrogen-bond acceptors (Lipinski definition) is 4. The van der Waals surface area contributed by atoms with Crippen LogP contribution in [0.1, 0.15) is 36.4 Å². The molecule has 3 rings (SSSR count). The number of amides is 1. The first-order chi connectivity index (χ1) is 9.72. The van der Waals surface area contributed by atoms with Gasteiger partial charge < -0.3 is 9.73 Å². The first kappa shape index (κ1) is 13.1. The van der Waals surface area contributed by atoms with E-state index in [-0.39, 0.29) is 17.8 Å². The van der Waals surface area contributed by atoms with Crippen molar-refractivity contribution in [3.63, 3.8) is 0 Å². The molecule has 1 amide bonds. The van der Waals surface area contributed by atoms with E-state index in [1.54, 1.807) is 24.3 Å². The van der Waals surface area contributed by atoms with Crippen molar-refractivity contribution in [2.45, 2.75) is 31.7 Å². The van der Waals surface area contributed by atoms with Gasteiger partial charge in [0.25, 0.3) is 0 Å². The minimum atomic E-state index is -0.301. The molecule has 1 heterocycles. The van der Waals surface area contributed by atoms with E-state index in [4.69, 9.17) is 16.0 Å². The molecule has 1 aliphatic rings. The van der Waals surface area contributed by atoms with Crippen LogP contribution in [0.3, 0.4) is 0 Å². The van der Waals surface area contributed by atoms with Gasteiger partial charge in [-0.1, -0.05) is 24.4 Å². The highest BCUT2D eigenvalue weighted by atomic mass is 35.5. The monoisotopic (exact) mass is 291 g/mol. The van der Waals surface area contributed by atoms with Crippen LogP contribution in [0.5, 0.6) is 0 Å². The Bertz CT molecular complexity index is 603. The summed E-state index contributed by atoms with van der Waals surface area (Å²) in [6.45, 7) is 0. The predicted molar refractivity (Wildman–Crippen MR) is 74.5 cm³/mol. The Morgan fingerprint density at radius 3 is 2.60 bits per heavy atom. The Hall–Kier alpha value is -1.88. The van der Waals surface area contributed by atoms with Crippen LogP contribution in [-0.4, -0.2) is 22.1 Å². The number of benzene rings is 1. The molecule has 1 fully saturated rings. The second-order valence-electron chi connectivity index (χ2n) is 4.87. The first-order valence-electron chi connectivity index (χ1n) is 6.63. The van der Waals surface area contributed by atoms with Gasteiger partial charge in [0.15, 0.2) is 0 Å². The van der Waals surface area contributed by atoms with Crippen molar-refractivity contribution in [1.82, 2.24) is 15.5 Å². The van der Waals surface area contributed by atoms with E-state index in [9.17, 15) is 4.79 Å². The number of nitrogens with zero attached hydrogens (tertiary/aromatic N) is 2. The van der Waals surface area contributed by atoms with Gasteiger partial charge in [0.1, 0.15) is 0 Å². The van der Waals surface area contributed by atoms with Crippen LogP contribution in [0.2, 0.25) is 5.02 Å². The molecule has 1 saturated carbocycles. The molecule has 2 aromatic rings. The fourth-order valence-electron chi connectivity index (χ4n) is 2.34. The molecule has 1 aromatic heterocycles. The van der Waals surface area contributed by atoms with Crippen LogP contribution in [0.25, 0.3) is 11.5 Å². The van der Waals surface area contributed by atoms with E-state index >= 15 is 0 Å². The summed E-state index contributed by atoms with van der Waals surface area (Å²) in [5, 5.41) is 11.2. The number of halogens is 1. The Morgan fingerprint density at radius 1 is 1.20 bits per heavy atom. The summed E-state index contributed by atoms with van der Waals surface area (Å²) in [5.74, 6) is 0.0182. The summed E-state index contributed by atoms with van der Waals surface area (Å²) in [7, 11) is 0. The molecule has 1 aliphatic carbocycles. The third-order valence-corrected chi connectivity index (χ3v) is 3.65. The number of rotatable bonds is 3. The molecule has 1 N–H and O–H groups in total. The zero-order chi connectivity index (χ0) is 13.9. The SMILES string of the molecule is O=C(NC1CCCC1)c1nnc(-c2ccc(Cl)cc2)o1. The Balaban J connectivity index is 1.72. The lowest BCUT2D eigenvalue weighted by Crippen LogP contribution is -2.32. The highest BCUT2D eigenvalue weighted by molar-refractivity contribution is 6.30. The van der Waals surface area contributed by atoms with E-state index in [2.05, 4.69) is 15.5 Å². The number of carbonyl (C=O) groups excluding carboxylic acids is 1. The fourth-order valence-corrected chi connectivity index (χ4v) is 2.47. The van der Waals surface area contributed by atoms with Gasteiger partial charge in [-0.05, 0) is 37.1 Å². The molecule has 0 radical (unpaired) electrons. The van der Waals surface area contributed by atoms with Crippen molar-refractivity contribution in [3.8, 4) is 11.5 Å². The molecular formula is C14H14ClN3O2.